The zero-order chi connectivity index (χ0) is 17.8. The lowest BCUT2D eigenvalue weighted by Crippen LogP contribution is -2.49. The number of nitrogens with zero attached hydrogens (tertiary/aromatic N) is 3. The van der Waals surface area contributed by atoms with Crippen molar-refractivity contribution in [2.45, 2.75) is 13.0 Å². The molecule has 0 bridgehead atoms. The van der Waals surface area contributed by atoms with Gasteiger partial charge in [0.2, 0.25) is 0 Å². The van der Waals surface area contributed by atoms with E-state index in [-0.39, 0.29) is 5.91 Å². The number of amides is 1. The van der Waals surface area contributed by atoms with Gasteiger partial charge < -0.3 is 9.64 Å². The topological polar surface area (TPSA) is 45.7 Å². The molecule has 1 amide bonds. The molecule has 1 aromatic carbocycles. The van der Waals surface area contributed by atoms with E-state index in [1.165, 1.54) is 5.56 Å². The Morgan fingerprint density at radius 2 is 2.00 bits per heavy atom. The van der Waals surface area contributed by atoms with E-state index in [1.807, 2.05) is 29.3 Å². The second-order valence-corrected chi connectivity index (χ2v) is 6.99. The Kier molecular flexibility index (Phi) is 5.71. The molecular weight excluding hydrogens is 382 g/mol. The molecule has 25 heavy (non-hydrogen) atoms. The number of carbonyl (C=O) groups excluding carboxylic acids is 1. The van der Waals surface area contributed by atoms with E-state index in [9.17, 15) is 4.79 Å². The monoisotopic (exact) mass is 403 g/mol. The smallest absolute Gasteiger partial charge is 0.255 e. The van der Waals surface area contributed by atoms with E-state index in [4.69, 9.17) is 4.74 Å². The van der Waals surface area contributed by atoms with E-state index >= 15 is 0 Å². The highest BCUT2D eigenvalue weighted by atomic mass is 79.9. The van der Waals surface area contributed by atoms with E-state index in [0.29, 0.717) is 30.4 Å². The number of carbonyl (C=O) groups is 1. The van der Waals surface area contributed by atoms with Crippen molar-refractivity contribution >= 4 is 21.8 Å². The molecule has 0 spiro atoms. The molecule has 0 aliphatic carbocycles. The third-order valence-electron chi connectivity index (χ3n) is 4.72. The molecule has 3 rings (SSSR count). The average Bonchev–Trinajstić information content (AvgIpc) is 2.68. The number of ether oxygens (including phenoxy) is 1. The third-order valence-corrected chi connectivity index (χ3v) is 5.41. The minimum Gasteiger partial charge on any atom is -0.497 e. The molecule has 0 unspecified atom stereocenters. The molecule has 1 aliphatic rings. The predicted molar refractivity (Wildman–Crippen MR) is 101 cm³/mol. The lowest BCUT2D eigenvalue weighted by atomic mass is 10.1. The minimum absolute atomic E-state index is 0.0412. The van der Waals surface area contributed by atoms with Crippen molar-refractivity contribution in [1.82, 2.24) is 14.8 Å². The van der Waals surface area contributed by atoms with E-state index in [1.54, 1.807) is 19.4 Å². The van der Waals surface area contributed by atoms with Gasteiger partial charge >= 0.3 is 0 Å². The summed E-state index contributed by atoms with van der Waals surface area (Å²) >= 11 is 3.47. The van der Waals surface area contributed by atoms with Gasteiger partial charge in [0.25, 0.3) is 5.91 Å². The van der Waals surface area contributed by atoms with Gasteiger partial charge in [0.1, 0.15) is 5.75 Å². The zero-order valence-electron chi connectivity index (χ0n) is 14.5. The van der Waals surface area contributed by atoms with Crippen molar-refractivity contribution in [2.24, 2.45) is 0 Å². The maximum Gasteiger partial charge on any atom is 0.255 e. The first-order chi connectivity index (χ1) is 12.1. The highest BCUT2D eigenvalue weighted by Crippen LogP contribution is 2.25. The van der Waals surface area contributed by atoms with Gasteiger partial charge in [0.05, 0.1) is 12.7 Å². The van der Waals surface area contributed by atoms with Crippen molar-refractivity contribution in [2.75, 3.05) is 33.3 Å². The summed E-state index contributed by atoms with van der Waals surface area (Å²) in [7, 11) is 1.61. The van der Waals surface area contributed by atoms with Crippen molar-refractivity contribution in [3.8, 4) is 5.75 Å². The first-order valence-electron chi connectivity index (χ1n) is 8.37. The number of piperazine rings is 1. The largest absolute Gasteiger partial charge is 0.497 e. The third kappa shape index (κ3) is 4.02. The molecule has 132 valence electrons. The number of hydrogen-bond acceptors (Lipinski definition) is 4. The van der Waals surface area contributed by atoms with Gasteiger partial charge in [-0.15, -0.1) is 0 Å². The summed E-state index contributed by atoms with van der Waals surface area (Å²) in [5.74, 6) is 0.731. The predicted octanol–water partition coefficient (Wildman–Crippen LogP) is 3.37. The van der Waals surface area contributed by atoms with Crippen molar-refractivity contribution < 1.29 is 9.53 Å². The Morgan fingerprint density at radius 3 is 2.64 bits per heavy atom. The molecule has 1 fully saturated rings. The minimum atomic E-state index is 0.0412. The van der Waals surface area contributed by atoms with Crippen LogP contribution in [-0.2, 0) is 0 Å². The molecule has 1 aromatic heterocycles. The van der Waals surface area contributed by atoms with Crippen LogP contribution in [0.1, 0.15) is 28.9 Å². The number of methoxy groups -OCH3 is 1. The van der Waals surface area contributed by atoms with Gasteiger partial charge in [0.15, 0.2) is 0 Å². The Bertz CT molecular complexity index is 731. The molecule has 2 heterocycles. The Balaban J connectivity index is 1.65. The van der Waals surface area contributed by atoms with E-state index in [0.717, 1.165) is 17.6 Å². The lowest BCUT2D eigenvalue weighted by Gasteiger charge is -2.38. The van der Waals surface area contributed by atoms with Gasteiger partial charge in [-0.2, -0.15) is 0 Å². The second kappa shape index (κ2) is 7.97. The number of benzene rings is 1. The molecule has 6 heteroatoms. The number of hydrogen-bond donors (Lipinski definition) is 0. The molecule has 5 nitrogen and oxygen atoms in total. The number of pyridine rings is 1. The van der Waals surface area contributed by atoms with Crippen molar-refractivity contribution in [1.29, 1.82) is 0 Å². The van der Waals surface area contributed by atoms with Crippen LogP contribution in [-0.4, -0.2) is 54.0 Å². The fourth-order valence-corrected chi connectivity index (χ4v) is 3.53. The summed E-state index contributed by atoms with van der Waals surface area (Å²) in [6.45, 7) is 5.32. The van der Waals surface area contributed by atoms with Gasteiger partial charge in [-0.05, 0) is 52.7 Å². The summed E-state index contributed by atoms with van der Waals surface area (Å²) in [6, 6.07) is 9.85. The highest BCUT2D eigenvalue weighted by Gasteiger charge is 2.26. The molecule has 2 aromatic rings. The Hall–Kier alpha value is -1.92. The molecule has 1 atom stereocenters. The molecule has 0 saturated carbocycles. The van der Waals surface area contributed by atoms with Gasteiger partial charge in [0, 0.05) is 49.1 Å². The summed E-state index contributed by atoms with van der Waals surface area (Å²) in [5.41, 5.74) is 1.85. The summed E-state index contributed by atoms with van der Waals surface area (Å²) in [6.07, 6.45) is 3.70. The van der Waals surface area contributed by atoms with Crippen LogP contribution in [0.5, 0.6) is 5.75 Å². The van der Waals surface area contributed by atoms with Crippen LogP contribution >= 0.6 is 15.9 Å². The van der Waals surface area contributed by atoms with Crippen molar-refractivity contribution in [3.05, 3.63) is 58.3 Å². The standard InChI is InChI=1S/C19H22BrN3O2/c1-14(15-4-3-7-21-13-15)22-8-10-23(11-9-22)19(24)17-12-16(25-2)5-6-18(17)20/h3-7,12-14H,8-11H2,1-2H3/t14-/m0/s1. The van der Waals surface area contributed by atoms with Crippen LogP contribution in [0.3, 0.4) is 0 Å². The fourth-order valence-electron chi connectivity index (χ4n) is 3.11. The fraction of sp³-hybridized carbons (Fsp3) is 0.368. The van der Waals surface area contributed by atoms with Crippen LogP contribution in [0.4, 0.5) is 0 Å². The maximum atomic E-state index is 12.8. The average molecular weight is 404 g/mol. The van der Waals surface area contributed by atoms with Crippen LogP contribution in [0, 0.1) is 0 Å². The molecule has 0 radical (unpaired) electrons. The highest BCUT2D eigenvalue weighted by molar-refractivity contribution is 9.10. The molecule has 0 N–H and O–H groups in total. The van der Waals surface area contributed by atoms with Crippen LogP contribution in [0.2, 0.25) is 0 Å². The summed E-state index contributed by atoms with van der Waals surface area (Å²) < 4.78 is 6.03. The second-order valence-electron chi connectivity index (χ2n) is 6.14. The van der Waals surface area contributed by atoms with Gasteiger partial charge in [-0.1, -0.05) is 6.07 Å². The zero-order valence-corrected chi connectivity index (χ0v) is 16.1. The molecule has 1 aliphatic heterocycles. The maximum absolute atomic E-state index is 12.8. The van der Waals surface area contributed by atoms with E-state index < -0.39 is 0 Å². The van der Waals surface area contributed by atoms with Gasteiger partial charge in [-0.25, -0.2) is 0 Å². The van der Waals surface area contributed by atoms with Gasteiger partial charge in [-0.3, -0.25) is 14.7 Å². The molecule has 1 saturated heterocycles. The van der Waals surface area contributed by atoms with Crippen LogP contribution < -0.4 is 4.74 Å². The normalized spacial score (nSPS) is 16.5. The summed E-state index contributed by atoms with van der Waals surface area (Å²) in [4.78, 5) is 21.3. The quantitative estimate of drug-likeness (QED) is 0.784. The Labute approximate surface area is 156 Å². The first kappa shape index (κ1) is 17.9. The molecular formula is C19H22BrN3O2. The van der Waals surface area contributed by atoms with Crippen LogP contribution in [0.15, 0.2) is 47.2 Å². The first-order valence-corrected chi connectivity index (χ1v) is 9.16. The lowest BCUT2D eigenvalue weighted by molar-refractivity contribution is 0.0580. The Morgan fingerprint density at radius 1 is 1.24 bits per heavy atom. The SMILES string of the molecule is COc1ccc(Br)c(C(=O)N2CCN([C@@H](C)c3cccnc3)CC2)c1. The number of rotatable bonds is 4. The number of aromatic nitrogens is 1. The van der Waals surface area contributed by atoms with Crippen molar-refractivity contribution in [3.63, 3.8) is 0 Å². The summed E-state index contributed by atoms with van der Waals surface area (Å²) in [5, 5.41) is 0. The number of halogens is 1. The van der Waals surface area contributed by atoms with E-state index in [2.05, 4.69) is 38.8 Å². The van der Waals surface area contributed by atoms with Crippen LogP contribution in [0.25, 0.3) is 0 Å².